The molecule has 0 spiro atoms. The molecule has 2 aromatic heterocycles. The minimum atomic E-state index is -3.59. The average molecular weight is 404 g/mol. The van der Waals surface area contributed by atoms with E-state index in [1.165, 1.54) is 22.6 Å². The van der Waals surface area contributed by atoms with Crippen LogP contribution in [0.5, 0.6) is 0 Å². The highest BCUT2D eigenvalue weighted by Crippen LogP contribution is 2.19. The second-order valence-electron chi connectivity index (χ2n) is 6.09. The molecule has 0 saturated carbocycles. The summed E-state index contributed by atoms with van der Waals surface area (Å²) in [6, 6.07) is 2.93. The maximum atomic E-state index is 12.6. The first-order valence-electron chi connectivity index (χ1n) is 8.63. The molecule has 10 heteroatoms. The largest absolute Gasteiger partial charge is 0.389 e. The lowest BCUT2D eigenvalue weighted by Crippen LogP contribution is -2.49. The summed E-state index contributed by atoms with van der Waals surface area (Å²) in [6.07, 6.45) is 8.41. The lowest BCUT2D eigenvalue weighted by Gasteiger charge is -2.33. The standard InChI is InChI=1S/C15H20N6O3S.C3H4/c1-11(22)12-8-18-15(19-9-12)20-4-6-21(7-5-20)25(23,24)13-2-3-14(16)17-10-13;1-3-2/h2-3,8-11,22H,4-7H2,1H3,(H2,16,17);1H,2H3. The van der Waals surface area contributed by atoms with E-state index < -0.39 is 16.1 Å². The van der Waals surface area contributed by atoms with Crippen LogP contribution < -0.4 is 10.6 Å². The van der Waals surface area contributed by atoms with E-state index in [1.54, 1.807) is 26.2 Å². The fourth-order valence-electron chi connectivity index (χ4n) is 2.53. The van der Waals surface area contributed by atoms with E-state index in [2.05, 4.69) is 27.3 Å². The second-order valence-corrected chi connectivity index (χ2v) is 8.03. The number of nitrogens with two attached hydrogens (primary N) is 1. The molecule has 3 N–H and O–H groups in total. The highest BCUT2D eigenvalue weighted by atomic mass is 32.2. The molecule has 28 heavy (non-hydrogen) atoms. The van der Waals surface area contributed by atoms with Gasteiger partial charge in [0, 0.05) is 50.3 Å². The van der Waals surface area contributed by atoms with Crippen LogP contribution in [0.15, 0.2) is 35.6 Å². The van der Waals surface area contributed by atoms with Crippen molar-refractivity contribution < 1.29 is 13.5 Å². The summed E-state index contributed by atoms with van der Waals surface area (Å²) in [5, 5.41) is 9.49. The Morgan fingerprint density at radius 2 is 1.71 bits per heavy atom. The molecule has 1 saturated heterocycles. The summed E-state index contributed by atoms with van der Waals surface area (Å²) in [6.45, 7) is 4.92. The molecule has 9 nitrogen and oxygen atoms in total. The van der Waals surface area contributed by atoms with Crippen molar-refractivity contribution in [3.63, 3.8) is 0 Å². The summed E-state index contributed by atoms with van der Waals surface area (Å²) in [5.74, 6) is 3.05. The highest BCUT2D eigenvalue weighted by Gasteiger charge is 2.29. The highest BCUT2D eigenvalue weighted by molar-refractivity contribution is 7.89. The van der Waals surface area contributed by atoms with Gasteiger partial charge in [-0.2, -0.15) is 4.31 Å². The third-order valence-electron chi connectivity index (χ3n) is 4.06. The molecular weight excluding hydrogens is 380 g/mol. The van der Waals surface area contributed by atoms with Gasteiger partial charge in [-0.05, 0) is 26.0 Å². The van der Waals surface area contributed by atoms with Crippen molar-refractivity contribution in [2.45, 2.75) is 24.8 Å². The van der Waals surface area contributed by atoms with Gasteiger partial charge in [0.15, 0.2) is 0 Å². The Bertz CT molecular complexity index is 900. The molecule has 1 aliphatic rings. The van der Waals surface area contributed by atoms with Crippen LogP contribution in [0.25, 0.3) is 0 Å². The molecule has 1 atom stereocenters. The summed E-state index contributed by atoms with van der Waals surface area (Å²) in [5.41, 5.74) is 6.14. The summed E-state index contributed by atoms with van der Waals surface area (Å²) in [4.78, 5) is 14.4. The van der Waals surface area contributed by atoms with Gasteiger partial charge in [0.1, 0.15) is 10.7 Å². The van der Waals surface area contributed by atoms with Gasteiger partial charge in [0.05, 0.1) is 6.10 Å². The Morgan fingerprint density at radius 1 is 1.14 bits per heavy atom. The molecule has 0 bridgehead atoms. The minimum Gasteiger partial charge on any atom is -0.389 e. The maximum absolute atomic E-state index is 12.6. The molecule has 1 aliphatic heterocycles. The third-order valence-corrected chi connectivity index (χ3v) is 5.94. The first kappa shape index (κ1) is 21.6. The number of nitrogens with zero attached hydrogens (tertiary/aromatic N) is 5. The van der Waals surface area contributed by atoms with Gasteiger partial charge in [-0.25, -0.2) is 23.4 Å². The SMILES string of the molecule is C#CC.CC(O)c1cnc(N2CCN(S(=O)(=O)c3ccc(N)nc3)CC2)nc1. The van der Waals surface area contributed by atoms with E-state index in [1.807, 2.05) is 4.90 Å². The van der Waals surface area contributed by atoms with Crippen molar-refractivity contribution in [3.05, 3.63) is 36.3 Å². The van der Waals surface area contributed by atoms with Gasteiger partial charge >= 0.3 is 0 Å². The van der Waals surface area contributed by atoms with E-state index in [-0.39, 0.29) is 10.7 Å². The predicted octanol–water partition coefficient (Wildman–Crippen LogP) is 0.658. The minimum absolute atomic E-state index is 0.132. The normalized spacial score (nSPS) is 15.9. The van der Waals surface area contributed by atoms with E-state index in [0.29, 0.717) is 37.7 Å². The van der Waals surface area contributed by atoms with Crippen molar-refractivity contribution in [2.75, 3.05) is 36.8 Å². The van der Waals surface area contributed by atoms with Gasteiger partial charge in [-0.3, -0.25) is 0 Å². The second kappa shape index (κ2) is 9.45. The van der Waals surface area contributed by atoms with Gasteiger partial charge < -0.3 is 15.7 Å². The number of aromatic nitrogens is 3. The topological polar surface area (TPSA) is 126 Å². The zero-order chi connectivity index (χ0) is 20.7. The molecule has 1 fully saturated rings. The lowest BCUT2D eigenvalue weighted by molar-refractivity contribution is 0.198. The summed E-state index contributed by atoms with van der Waals surface area (Å²) < 4.78 is 26.7. The molecule has 2 aromatic rings. The molecular formula is C18H24N6O3S. The smallest absolute Gasteiger partial charge is 0.244 e. The fourth-order valence-corrected chi connectivity index (χ4v) is 3.90. The molecule has 150 valence electrons. The molecule has 0 aromatic carbocycles. The third kappa shape index (κ3) is 5.16. The van der Waals surface area contributed by atoms with E-state index >= 15 is 0 Å². The number of hydrogen-bond donors (Lipinski definition) is 2. The number of nitrogen functional groups attached to an aromatic ring is 1. The lowest BCUT2D eigenvalue weighted by atomic mass is 10.2. The Balaban J connectivity index is 0.000000878. The Labute approximate surface area is 165 Å². The molecule has 1 unspecified atom stereocenters. The Kier molecular flexibility index (Phi) is 7.28. The van der Waals surface area contributed by atoms with Gasteiger partial charge in [-0.1, -0.05) is 0 Å². The van der Waals surface area contributed by atoms with Crippen molar-refractivity contribution in [2.24, 2.45) is 0 Å². The maximum Gasteiger partial charge on any atom is 0.244 e. The summed E-state index contributed by atoms with van der Waals surface area (Å²) >= 11 is 0. The number of pyridine rings is 1. The predicted molar refractivity (Wildman–Crippen MR) is 107 cm³/mol. The average Bonchev–Trinajstić information content (AvgIpc) is 2.69. The van der Waals surface area contributed by atoms with Crippen LogP contribution in [0.2, 0.25) is 0 Å². The van der Waals surface area contributed by atoms with E-state index in [0.717, 1.165) is 0 Å². The number of piperazine rings is 1. The number of aliphatic hydroxyl groups is 1. The first-order valence-corrected chi connectivity index (χ1v) is 10.1. The molecule has 0 aliphatic carbocycles. The number of anilines is 2. The monoisotopic (exact) mass is 404 g/mol. The van der Waals surface area contributed by atoms with Crippen molar-refractivity contribution >= 4 is 21.8 Å². The van der Waals surface area contributed by atoms with Crippen molar-refractivity contribution in [1.82, 2.24) is 19.3 Å². The number of rotatable bonds is 4. The van der Waals surface area contributed by atoms with Gasteiger partial charge in [0.2, 0.25) is 16.0 Å². The molecule has 3 rings (SSSR count). The van der Waals surface area contributed by atoms with Crippen LogP contribution in [0, 0.1) is 12.3 Å². The summed E-state index contributed by atoms with van der Waals surface area (Å²) in [7, 11) is -3.59. The zero-order valence-corrected chi connectivity index (χ0v) is 16.7. The van der Waals surface area contributed by atoms with Crippen LogP contribution in [-0.2, 0) is 10.0 Å². The van der Waals surface area contributed by atoms with Crippen LogP contribution in [-0.4, -0.2) is 59.0 Å². The number of sulfonamides is 1. The van der Waals surface area contributed by atoms with Crippen LogP contribution >= 0.6 is 0 Å². The Hall–Kier alpha value is -2.74. The number of hydrogen-bond acceptors (Lipinski definition) is 8. The first-order chi connectivity index (χ1) is 13.3. The molecule has 3 heterocycles. The van der Waals surface area contributed by atoms with E-state index in [4.69, 9.17) is 5.73 Å². The van der Waals surface area contributed by atoms with Crippen molar-refractivity contribution in [3.8, 4) is 12.3 Å². The number of terminal acetylenes is 1. The molecule has 0 radical (unpaired) electrons. The van der Waals surface area contributed by atoms with Crippen molar-refractivity contribution in [1.29, 1.82) is 0 Å². The van der Waals surface area contributed by atoms with Crippen LogP contribution in [0.1, 0.15) is 25.5 Å². The Morgan fingerprint density at radius 3 is 2.18 bits per heavy atom. The number of aliphatic hydroxyl groups excluding tert-OH is 1. The van der Waals surface area contributed by atoms with Crippen LogP contribution in [0.4, 0.5) is 11.8 Å². The fraction of sp³-hybridized carbons (Fsp3) is 0.389. The van der Waals surface area contributed by atoms with Gasteiger partial charge in [-0.15, -0.1) is 12.3 Å². The quantitative estimate of drug-likeness (QED) is 0.712. The molecule has 0 amide bonds. The zero-order valence-electron chi connectivity index (χ0n) is 15.9. The van der Waals surface area contributed by atoms with Crippen LogP contribution in [0.3, 0.4) is 0 Å². The van der Waals surface area contributed by atoms with E-state index in [9.17, 15) is 13.5 Å². The van der Waals surface area contributed by atoms with Gasteiger partial charge in [0.25, 0.3) is 0 Å².